The van der Waals surface area contributed by atoms with Gasteiger partial charge in [-0.05, 0) is 6.42 Å². The summed E-state index contributed by atoms with van der Waals surface area (Å²) < 4.78 is 9.68. The number of esters is 2. The molecule has 1 rings (SSSR count). The largest absolute Gasteiger partial charge is 0.463 e. The predicted octanol–water partition coefficient (Wildman–Crippen LogP) is 1.82. The Morgan fingerprint density at radius 1 is 1.47 bits per heavy atom. The standard InChI is InChI=1S/C11H18O4/c1-2-3-4-5-6-10(12)15-9-7-8-14-11(9)13/h9H,2-8H2,1H3/t9-/m0/s1. The highest BCUT2D eigenvalue weighted by Gasteiger charge is 2.29. The Morgan fingerprint density at radius 3 is 2.87 bits per heavy atom. The normalized spacial score (nSPS) is 20.1. The maximum absolute atomic E-state index is 11.3. The zero-order valence-corrected chi connectivity index (χ0v) is 9.16. The molecule has 1 aliphatic heterocycles. The first kappa shape index (κ1) is 12.0. The van der Waals surface area contributed by atoms with Crippen LogP contribution in [0.3, 0.4) is 0 Å². The van der Waals surface area contributed by atoms with Crippen molar-refractivity contribution in [3.63, 3.8) is 0 Å². The SMILES string of the molecule is CCCCCCC(=O)O[C@H]1CCOC1=O. The van der Waals surface area contributed by atoms with E-state index in [1.165, 1.54) is 0 Å². The quantitative estimate of drug-likeness (QED) is 0.500. The first-order chi connectivity index (χ1) is 7.24. The summed E-state index contributed by atoms with van der Waals surface area (Å²) in [6.45, 7) is 2.49. The van der Waals surface area contributed by atoms with Gasteiger partial charge in [0.25, 0.3) is 0 Å². The van der Waals surface area contributed by atoms with Crippen LogP contribution in [-0.4, -0.2) is 24.6 Å². The first-order valence-corrected chi connectivity index (χ1v) is 5.60. The smallest absolute Gasteiger partial charge is 0.347 e. The van der Waals surface area contributed by atoms with E-state index in [4.69, 9.17) is 9.47 Å². The highest BCUT2D eigenvalue weighted by Crippen LogP contribution is 2.12. The van der Waals surface area contributed by atoms with E-state index < -0.39 is 12.1 Å². The minimum Gasteiger partial charge on any atom is -0.463 e. The summed E-state index contributed by atoms with van der Waals surface area (Å²) in [6, 6.07) is 0. The third-order valence-corrected chi connectivity index (χ3v) is 2.40. The maximum Gasteiger partial charge on any atom is 0.347 e. The Morgan fingerprint density at radius 2 is 2.27 bits per heavy atom. The molecule has 0 aromatic heterocycles. The topological polar surface area (TPSA) is 52.6 Å². The number of unbranched alkanes of at least 4 members (excludes halogenated alkanes) is 3. The number of ether oxygens (including phenoxy) is 2. The highest BCUT2D eigenvalue weighted by molar-refractivity contribution is 5.80. The molecule has 0 amide bonds. The van der Waals surface area contributed by atoms with E-state index in [1.54, 1.807) is 0 Å². The van der Waals surface area contributed by atoms with Crippen LogP contribution in [0.1, 0.15) is 45.4 Å². The van der Waals surface area contributed by atoms with Gasteiger partial charge in [-0.2, -0.15) is 0 Å². The summed E-state index contributed by atoms with van der Waals surface area (Å²) in [4.78, 5) is 22.3. The second-order valence-electron chi connectivity index (χ2n) is 3.75. The molecule has 0 aliphatic carbocycles. The summed E-state index contributed by atoms with van der Waals surface area (Å²) in [5.74, 6) is -0.688. The van der Waals surface area contributed by atoms with E-state index in [2.05, 4.69) is 6.92 Å². The van der Waals surface area contributed by atoms with Crippen LogP contribution in [0.5, 0.6) is 0 Å². The Labute approximate surface area is 89.9 Å². The molecule has 0 aromatic carbocycles. The van der Waals surface area contributed by atoms with Crippen LogP contribution in [0.4, 0.5) is 0 Å². The molecule has 0 saturated carbocycles. The number of rotatable bonds is 6. The van der Waals surface area contributed by atoms with Crippen LogP contribution in [0.25, 0.3) is 0 Å². The van der Waals surface area contributed by atoms with Gasteiger partial charge in [0.15, 0.2) is 0 Å². The predicted molar refractivity (Wildman–Crippen MR) is 54.2 cm³/mol. The van der Waals surface area contributed by atoms with Crippen molar-refractivity contribution in [2.75, 3.05) is 6.61 Å². The molecule has 4 heteroatoms. The molecule has 1 saturated heterocycles. The maximum atomic E-state index is 11.3. The summed E-state index contributed by atoms with van der Waals surface area (Å²) in [7, 11) is 0. The molecule has 15 heavy (non-hydrogen) atoms. The molecule has 1 aliphatic rings. The van der Waals surface area contributed by atoms with E-state index in [0.29, 0.717) is 19.4 Å². The molecule has 0 spiro atoms. The average molecular weight is 214 g/mol. The van der Waals surface area contributed by atoms with Crippen molar-refractivity contribution in [1.29, 1.82) is 0 Å². The molecular weight excluding hydrogens is 196 g/mol. The van der Waals surface area contributed by atoms with Crippen LogP contribution in [0, 0.1) is 0 Å². The van der Waals surface area contributed by atoms with Crippen molar-refractivity contribution in [2.45, 2.75) is 51.6 Å². The molecule has 86 valence electrons. The Bertz CT molecular complexity index is 225. The Hall–Kier alpha value is -1.06. The lowest BCUT2D eigenvalue weighted by Crippen LogP contribution is -2.22. The summed E-state index contributed by atoms with van der Waals surface area (Å²) in [6.07, 6.45) is 4.42. The molecule has 0 aromatic rings. The van der Waals surface area contributed by atoms with E-state index in [9.17, 15) is 9.59 Å². The van der Waals surface area contributed by atoms with Crippen molar-refractivity contribution in [1.82, 2.24) is 0 Å². The van der Waals surface area contributed by atoms with Crippen LogP contribution in [0.15, 0.2) is 0 Å². The molecule has 1 atom stereocenters. The Kier molecular flexibility index (Phi) is 5.15. The zero-order chi connectivity index (χ0) is 11.1. The van der Waals surface area contributed by atoms with Gasteiger partial charge < -0.3 is 9.47 Å². The third kappa shape index (κ3) is 4.32. The molecule has 0 radical (unpaired) electrons. The van der Waals surface area contributed by atoms with Crippen LogP contribution in [-0.2, 0) is 19.1 Å². The van der Waals surface area contributed by atoms with Gasteiger partial charge in [0.2, 0.25) is 6.10 Å². The lowest BCUT2D eigenvalue weighted by molar-refractivity contribution is -0.160. The van der Waals surface area contributed by atoms with Gasteiger partial charge in [0.1, 0.15) is 0 Å². The second kappa shape index (κ2) is 6.43. The number of hydrogen-bond acceptors (Lipinski definition) is 4. The number of carbonyl (C=O) groups is 2. The van der Waals surface area contributed by atoms with E-state index >= 15 is 0 Å². The van der Waals surface area contributed by atoms with E-state index in [-0.39, 0.29) is 5.97 Å². The monoisotopic (exact) mass is 214 g/mol. The highest BCUT2D eigenvalue weighted by atomic mass is 16.6. The number of carbonyl (C=O) groups excluding carboxylic acids is 2. The van der Waals surface area contributed by atoms with Crippen LogP contribution in [0.2, 0.25) is 0 Å². The van der Waals surface area contributed by atoms with Crippen molar-refractivity contribution in [3.05, 3.63) is 0 Å². The average Bonchev–Trinajstić information content (AvgIpc) is 2.59. The second-order valence-corrected chi connectivity index (χ2v) is 3.75. The summed E-state index contributed by atoms with van der Waals surface area (Å²) in [5.41, 5.74) is 0. The fraction of sp³-hybridized carbons (Fsp3) is 0.818. The fourth-order valence-electron chi connectivity index (χ4n) is 1.50. The third-order valence-electron chi connectivity index (χ3n) is 2.40. The van der Waals surface area contributed by atoms with E-state index in [0.717, 1.165) is 25.7 Å². The van der Waals surface area contributed by atoms with Crippen molar-refractivity contribution >= 4 is 11.9 Å². The molecule has 0 bridgehead atoms. The molecule has 4 nitrogen and oxygen atoms in total. The van der Waals surface area contributed by atoms with Crippen molar-refractivity contribution in [2.24, 2.45) is 0 Å². The van der Waals surface area contributed by atoms with E-state index in [1.807, 2.05) is 0 Å². The minimum atomic E-state index is -0.649. The summed E-state index contributed by atoms with van der Waals surface area (Å²) in [5, 5.41) is 0. The molecule has 1 fully saturated rings. The molecule has 0 N–H and O–H groups in total. The van der Waals surface area contributed by atoms with Gasteiger partial charge in [-0.3, -0.25) is 4.79 Å². The van der Waals surface area contributed by atoms with Gasteiger partial charge in [-0.1, -0.05) is 26.2 Å². The lowest BCUT2D eigenvalue weighted by Gasteiger charge is -2.07. The zero-order valence-electron chi connectivity index (χ0n) is 9.16. The van der Waals surface area contributed by atoms with Gasteiger partial charge in [0, 0.05) is 12.8 Å². The van der Waals surface area contributed by atoms with Gasteiger partial charge in [0.05, 0.1) is 6.61 Å². The number of cyclic esters (lactones) is 1. The molecule has 1 heterocycles. The summed E-state index contributed by atoms with van der Waals surface area (Å²) >= 11 is 0. The van der Waals surface area contributed by atoms with Gasteiger partial charge in [-0.15, -0.1) is 0 Å². The van der Waals surface area contributed by atoms with Gasteiger partial charge in [-0.25, -0.2) is 4.79 Å². The fourth-order valence-corrected chi connectivity index (χ4v) is 1.50. The minimum absolute atomic E-state index is 0.282. The molecule has 0 unspecified atom stereocenters. The van der Waals surface area contributed by atoms with Gasteiger partial charge >= 0.3 is 11.9 Å². The Balaban J connectivity index is 2.10. The van der Waals surface area contributed by atoms with Crippen molar-refractivity contribution < 1.29 is 19.1 Å². The van der Waals surface area contributed by atoms with Crippen LogP contribution < -0.4 is 0 Å². The number of hydrogen-bond donors (Lipinski definition) is 0. The van der Waals surface area contributed by atoms with Crippen molar-refractivity contribution in [3.8, 4) is 0 Å². The first-order valence-electron chi connectivity index (χ1n) is 5.60. The lowest BCUT2D eigenvalue weighted by atomic mass is 10.1. The molecular formula is C11H18O4. The van der Waals surface area contributed by atoms with Crippen LogP contribution >= 0.6 is 0 Å².